The first-order valence-electron chi connectivity index (χ1n) is 8.88. The fraction of sp³-hybridized carbons (Fsp3) is 0.0952. The van der Waals surface area contributed by atoms with Gasteiger partial charge in [0.25, 0.3) is 5.91 Å². The van der Waals surface area contributed by atoms with Crippen LogP contribution in [0.4, 0.5) is 11.5 Å². The number of halogens is 1. The Balaban J connectivity index is 1.47. The van der Waals surface area contributed by atoms with E-state index in [4.69, 9.17) is 11.6 Å². The number of H-pyrrole nitrogens is 1. The molecule has 0 radical (unpaired) electrons. The second kappa shape index (κ2) is 8.06. The third kappa shape index (κ3) is 4.47. The number of thiophene rings is 1. The van der Waals surface area contributed by atoms with Gasteiger partial charge in [-0.1, -0.05) is 47.5 Å². The Morgan fingerprint density at radius 3 is 2.66 bits per heavy atom. The van der Waals surface area contributed by atoms with Gasteiger partial charge in [-0.15, -0.1) is 11.3 Å². The van der Waals surface area contributed by atoms with Crippen LogP contribution in [0.25, 0.3) is 10.2 Å². The molecule has 29 heavy (non-hydrogen) atoms. The molecule has 0 saturated carbocycles. The molecule has 0 aliphatic heterocycles. The average molecular weight is 425 g/mol. The minimum absolute atomic E-state index is 0.168. The molecule has 0 atom stereocenters. The Hall–Kier alpha value is -3.16. The molecule has 0 saturated heterocycles. The zero-order valence-electron chi connectivity index (χ0n) is 15.5. The number of benzene rings is 2. The van der Waals surface area contributed by atoms with Gasteiger partial charge >= 0.3 is 0 Å². The van der Waals surface area contributed by atoms with Gasteiger partial charge in [0, 0.05) is 10.7 Å². The fourth-order valence-corrected chi connectivity index (χ4v) is 3.94. The second-order valence-electron chi connectivity index (χ2n) is 6.60. The number of anilines is 2. The summed E-state index contributed by atoms with van der Waals surface area (Å²) in [7, 11) is 0. The SMILES string of the molecule is Cc1ccc(CC(=O)Nc2n[nH]c3sc(C(=O)Nc4cccc(Cl)c4)cc23)cc1. The van der Waals surface area contributed by atoms with Gasteiger partial charge in [-0.25, -0.2) is 0 Å². The lowest BCUT2D eigenvalue weighted by Crippen LogP contribution is -2.15. The normalized spacial score (nSPS) is 10.8. The molecule has 2 heterocycles. The number of aromatic amines is 1. The van der Waals surface area contributed by atoms with Crippen LogP contribution in [0.15, 0.2) is 54.6 Å². The second-order valence-corrected chi connectivity index (χ2v) is 8.09. The van der Waals surface area contributed by atoms with E-state index in [2.05, 4.69) is 20.8 Å². The van der Waals surface area contributed by atoms with E-state index in [0.717, 1.165) is 11.1 Å². The van der Waals surface area contributed by atoms with E-state index in [1.807, 2.05) is 31.2 Å². The number of fused-ring (bicyclic) bond motifs is 1. The number of aryl methyl sites for hydroxylation is 1. The highest BCUT2D eigenvalue weighted by Crippen LogP contribution is 2.30. The van der Waals surface area contributed by atoms with Crippen LogP contribution < -0.4 is 10.6 Å². The predicted molar refractivity (Wildman–Crippen MR) is 117 cm³/mol. The van der Waals surface area contributed by atoms with Crippen LogP contribution in [0.1, 0.15) is 20.8 Å². The van der Waals surface area contributed by atoms with Crippen LogP contribution in [0.2, 0.25) is 5.02 Å². The molecule has 6 nitrogen and oxygen atoms in total. The molecule has 2 amide bonds. The lowest BCUT2D eigenvalue weighted by atomic mass is 10.1. The number of hydrogen-bond acceptors (Lipinski definition) is 4. The first kappa shape index (κ1) is 19.2. The van der Waals surface area contributed by atoms with Crippen molar-refractivity contribution in [3.05, 3.63) is 75.6 Å². The highest BCUT2D eigenvalue weighted by Gasteiger charge is 2.17. The maximum absolute atomic E-state index is 12.5. The third-order valence-corrected chi connectivity index (χ3v) is 5.58. The van der Waals surface area contributed by atoms with Crippen LogP contribution in [0.5, 0.6) is 0 Å². The summed E-state index contributed by atoms with van der Waals surface area (Å²) in [5.74, 6) is -0.00709. The van der Waals surface area contributed by atoms with Crippen molar-refractivity contribution in [2.45, 2.75) is 13.3 Å². The standard InChI is InChI=1S/C21H17ClN4O2S/c1-12-5-7-13(8-6-12)9-18(27)24-19-16-11-17(29-21(16)26-25-19)20(28)23-15-4-2-3-14(22)10-15/h2-8,10-11H,9H2,1H3,(H,23,28)(H2,24,25,26,27). The average Bonchev–Trinajstić information content (AvgIpc) is 3.26. The summed E-state index contributed by atoms with van der Waals surface area (Å²) >= 11 is 7.22. The minimum Gasteiger partial charge on any atom is -0.321 e. The monoisotopic (exact) mass is 424 g/mol. The zero-order valence-corrected chi connectivity index (χ0v) is 17.0. The number of amides is 2. The quantitative estimate of drug-likeness (QED) is 0.420. The molecular weight excluding hydrogens is 408 g/mol. The fourth-order valence-electron chi connectivity index (χ4n) is 2.85. The number of carbonyl (C=O) groups excluding carboxylic acids is 2. The Morgan fingerprint density at radius 2 is 1.90 bits per heavy atom. The van der Waals surface area contributed by atoms with E-state index in [0.29, 0.717) is 31.6 Å². The molecular formula is C21H17ClN4O2S. The molecule has 0 unspecified atom stereocenters. The Labute approximate surface area is 175 Å². The zero-order chi connectivity index (χ0) is 20.4. The molecule has 4 rings (SSSR count). The number of nitrogens with zero attached hydrogens (tertiary/aromatic N) is 1. The van der Waals surface area contributed by atoms with Crippen molar-refractivity contribution in [1.29, 1.82) is 0 Å². The molecule has 4 aromatic rings. The van der Waals surface area contributed by atoms with Crippen molar-refractivity contribution in [2.24, 2.45) is 0 Å². The Morgan fingerprint density at radius 1 is 1.10 bits per heavy atom. The molecule has 0 bridgehead atoms. The minimum atomic E-state index is -0.251. The van der Waals surface area contributed by atoms with Crippen molar-refractivity contribution >= 4 is 56.5 Å². The number of aromatic nitrogens is 2. The van der Waals surface area contributed by atoms with Crippen LogP contribution in [0.3, 0.4) is 0 Å². The number of rotatable bonds is 5. The van der Waals surface area contributed by atoms with Gasteiger partial charge in [0.2, 0.25) is 5.91 Å². The number of nitrogens with one attached hydrogen (secondary N) is 3. The lowest BCUT2D eigenvalue weighted by molar-refractivity contribution is -0.115. The van der Waals surface area contributed by atoms with E-state index < -0.39 is 0 Å². The summed E-state index contributed by atoms with van der Waals surface area (Å²) in [6, 6.07) is 16.5. The molecule has 3 N–H and O–H groups in total. The van der Waals surface area contributed by atoms with Gasteiger partial charge in [0.15, 0.2) is 5.82 Å². The van der Waals surface area contributed by atoms with Crippen molar-refractivity contribution in [2.75, 3.05) is 10.6 Å². The number of carbonyl (C=O) groups is 2. The largest absolute Gasteiger partial charge is 0.321 e. The predicted octanol–water partition coefficient (Wildman–Crippen LogP) is 5.02. The molecule has 0 aliphatic rings. The van der Waals surface area contributed by atoms with Crippen molar-refractivity contribution in [1.82, 2.24) is 10.2 Å². The topological polar surface area (TPSA) is 86.9 Å². The van der Waals surface area contributed by atoms with E-state index in [1.54, 1.807) is 30.3 Å². The van der Waals surface area contributed by atoms with E-state index in [9.17, 15) is 9.59 Å². The smallest absolute Gasteiger partial charge is 0.265 e. The molecule has 2 aromatic heterocycles. The summed E-state index contributed by atoms with van der Waals surface area (Å²) < 4.78 is 0. The molecule has 0 spiro atoms. The van der Waals surface area contributed by atoms with Crippen LogP contribution in [0, 0.1) is 6.92 Å². The molecule has 0 aliphatic carbocycles. The van der Waals surface area contributed by atoms with E-state index in [-0.39, 0.29) is 18.2 Å². The van der Waals surface area contributed by atoms with Gasteiger partial charge in [-0.2, -0.15) is 5.10 Å². The van der Waals surface area contributed by atoms with Gasteiger partial charge in [-0.05, 0) is 36.8 Å². The van der Waals surface area contributed by atoms with Crippen LogP contribution in [-0.2, 0) is 11.2 Å². The maximum Gasteiger partial charge on any atom is 0.265 e. The van der Waals surface area contributed by atoms with Gasteiger partial charge < -0.3 is 10.6 Å². The van der Waals surface area contributed by atoms with Crippen molar-refractivity contribution < 1.29 is 9.59 Å². The van der Waals surface area contributed by atoms with Crippen molar-refractivity contribution in [3.63, 3.8) is 0 Å². The van der Waals surface area contributed by atoms with Crippen molar-refractivity contribution in [3.8, 4) is 0 Å². The lowest BCUT2D eigenvalue weighted by Gasteiger charge is -2.04. The first-order valence-corrected chi connectivity index (χ1v) is 10.1. The highest BCUT2D eigenvalue weighted by molar-refractivity contribution is 7.20. The van der Waals surface area contributed by atoms with Gasteiger partial charge in [0.05, 0.1) is 16.7 Å². The summed E-state index contributed by atoms with van der Waals surface area (Å²) in [6.45, 7) is 2.00. The molecule has 8 heteroatoms. The molecule has 2 aromatic carbocycles. The van der Waals surface area contributed by atoms with E-state index in [1.165, 1.54) is 11.3 Å². The summed E-state index contributed by atoms with van der Waals surface area (Å²) in [5.41, 5.74) is 2.68. The first-order chi connectivity index (χ1) is 14.0. The van der Waals surface area contributed by atoms with Gasteiger partial charge in [-0.3, -0.25) is 14.7 Å². The summed E-state index contributed by atoms with van der Waals surface area (Å²) in [6.07, 6.45) is 0.251. The summed E-state index contributed by atoms with van der Waals surface area (Å²) in [5, 5.41) is 13.9. The molecule has 0 fully saturated rings. The highest BCUT2D eigenvalue weighted by atomic mass is 35.5. The number of hydrogen-bond donors (Lipinski definition) is 3. The molecule has 146 valence electrons. The van der Waals surface area contributed by atoms with Crippen LogP contribution >= 0.6 is 22.9 Å². The Kier molecular flexibility index (Phi) is 5.33. The third-order valence-electron chi connectivity index (χ3n) is 4.31. The van der Waals surface area contributed by atoms with Crippen LogP contribution in [-0.4, -0.2) is 22.0 Å². The van der Waals surface area contributed by atoms with E-state index >= 15 is 0 Å². The van der Waals surface area contributed by atoms with Gasteiger partial charge in [0.1, 0.15) is 4.83 Å². The summed E-state index contributed by atoms with van der Waals surface area (Å²) in [4.78, 5) is 26.1. The maximum atomic E-state index is 12.5. The Bertz CT molecular complexity index is 1200.